The van der Waals surface area contributed by atoms with E-state index in [0.717, 1.165) is 17.1 Å². The van der Waals surface area contributed by atoms with Crippen molar-refractivity contribution in [3.63, 3.8) is 0 Å². The third-order valence-electron chi connectivity index (χ3n) is 2.02. The Kier molecular flexibility index (Phi) is 2.56. The van der Waals surface area contributed by atoms with Gasteiger partial charge < -0.3 is 5.73 Å². The van der Waals surface area contributed by atoms with E-state index in [9.17, 15) is 0 Å². The van der Waals surface area contributed by atoms with E-state index in [1.807, 2.05) is 6.07 Å². The van der Waals surface area contributed by atoms with Crippen molar-refractivity contribution in [3.8, 4) is 11.4 Å². The monoisotopic (exact) mass is 205 g/mol. The minimum absolute atomic E-state index is 0.457. The Bertz CT molecular complexity index is 436. The first-order valence-corrected chi connectivity index (χ1v) is 5.30. The van der Waals surface area contributed by atoms with Crippen LogP contribution in [0.4, 0.5) is 0 Å². The van der Waals surface area contributed by atoms with Crippen LogP contribution in [0.2, 0.25) is 0 Å². The lowest BCUT2D eigenvalue weighted by molar-refractivity contribution is 0.969. The van der Waals surface area contributed by atoms with E-state index in [-0.39, 0.29) is 0 Å². The highest BCUT2D eigenvalue weighted by molar-refractivity contribution is 7.08. The van der Waals surface area contributed by atoms with Crippen molar-refractivity contribution in [3.05, 3.63) is 34.3 Å². The molecule has 0 radical (unpaired) electrons. The molecular weight excluding hydrogens is 194 g/mol. The minimum Gasteiger partial charge on any atom is -0.325 e. The van der Waals surface area contributed by atoms with E-state index >= 15 is 0 Å². The Morgan fingerprint density at radius 2 is 2.29 bits per heavy atom. The van der Waals surface area contributed by atoms with Crippen LogP contribution in [0.1, 0.15) is 11.3 Å². The predicted octanol–water partition coefficient (Wildman–Crippen LogP) is 1.97. The second-order valence-corrected chi connectivity index (χ2v) is 3.79. The van der Waals surface area contributed by atoms with E-state index in [0.29, 0.717) is 6.54 Å². The molecular formula is C10H11N3S. The van der Waals surface area contributed by atoms with Crippen molar-refractivity contribution in [2.24, 2.45) is 5.73 Å². The summed E-state index contributed by atoms with van der Waals surface area (Å²) in [6, 6.07) is 1.84. The van der Waals surface area contributed by atoms with Gasteiger partial charge in [0.25, 0.3) is 0 Å². The molecule has 0 fully saturated rings. The van der Waals surface area contributed by atoms with Crippen LogP contribution in [-0.4, -0.2) is 9.97 Å². The van der Waals surface area contributed by atoms with Crippen molar-refractivity contribution in [2.75, 3.05) is 0 Å². The number of aromatic nitrogens is 2. The summed E-state index contributed by atoms with van der Waals surface area (Å²) >= 11 is 1.66. The second-order valence-electron chi connectivity index (χ2n) is 3.04. The molecule has 0 unspecified atom stereocenters. The molecule has 0 aliphatic heterocycles. The van der Waals surface area contributed by atoms with Crippen molar-refractivity contribution in [1.82, 2.24) is 9.97 Å². The molecule has 14 heavy (non-hydrogen) atoms. The molecule has 0 atom stereocenters. The summed E-state index contributed by atoms with van der Waals surface area (Å²) in [4.78, 5) is 8.60. The summed E-state index contributed by atoms with van der Waals surface area (Å²) in [5, 5.41) is 4.15. The van der Waals surface area contributed by atoms with Crippen LogP contribution in [0, 0.1) is 6.92 Å². The third kappa shape index (κ3) is 1.66. The van der Waals surface area contributed by atoms with Gasteiger partial charge in [-0.1, -0.05) is 0 Å². The molecule has 0 saturated heterocycles. The number of nitrogens with two attached hydrogens (primary N) is 1. The number of rotatable bonds is 2. The molecule has 0 aliphatic rings. The van der Waals surface area contributed by atoms with Gasteiger partial charge in [0.15, 0.2) is 5.82 Å². The van der Waals surface area contributed by atoms with Gasteiger partial charge in [0.05, 0.1) is 5.69 Å². The average molecular weight is 205 g/mol. The van der Waals surface area contributed by atoms with Crippen LogP contribution < -0.4 is 5.73 Å². The molecule has 0 aliphatic carbocycles. The van der Waals surface area contributed by atoms with E-state index < -0.39 is 0 Å². The van der Waals surface area contributed by atoms with Gasteiger partial charge in [-0.3, -0.25) is 0 Å². The first-order chi connectivity index (χ1) is 6.81. The second kappa shape index (κ2) is 3.86. The van der Waals surface area contributed by atoms with Crippen LogP contribution >= 0.6 is 11.3 Å². The molecule has 3 nitrogen and oxygen atoms in total. The summed E-state index contributed by atoms with van der Waals surface area (Å²) in [5.74, 6) is 0.770. The van der Waals surface area contributed by atoms with Gasteiger partial charge in [-0.05, 0) is 23.9 Å². The number of aryl methyl sites for hydroxylation is 1. The van der Waals surface area contributed by atoms with E-state index in [2.05, 4.69) is 27.7 Å². The zero-order chi connectivity index (χ0) is 9.97. The first kappa shape index (κ1) is 9.30. The van der Waals surface area contributed by atoms with E-state index in [1.165, 1.54) is 5.56 Å². The molecule has 0 aromatic carbocycles. The largest absolute Gasteiger partial charge is 0.325 e. The van der Waals surface area contributed by atoms with E-state index in [1.54, 1.807) is 17.5 Å². The normalized spacial score (nSPS) is 10.4. The van der Waals surface area contributed by atoms with Crippen LogP contribution in [0.5, 0.6) is 0 Å². The third-order valence-corrected chi connectivity index (χ3v) is 2.88. The Balaban J connectivity index is 2.47. The Hall–Kier alpha value is -1.26. The molecule has 72 valence electrons. The lowest BCUT2D eigenvalue weighted by Gasteiger charge is -2.00. The summed E-state index contributed by atoms with van der Waals surface area (Å²) in [6.45, 7) is 2.52. The van der Waals surface area contributed by atoms with Crippen molar-refractivity contribution in [1.29, 1.82) is 0 Å². The van der Waals surface area contributed by atoms with Gasteiger partial charge in [-0.25, -0.2) is 9.97 Å². The van der Waals surface area contributed by atoms with Gasteiger partial charge in [-0.15, -0.1) is 0 Å². The van der Waals surface area contributed by atoms with Crippen LogP contribution in [0.3, 0.4) is 0 Å². The standard InChI is InChI=1S/C10H11N3S/c1-7-5-14-6-9(7)10-12-3-2-8(4-11)13-10/h2-3,5-6H,4,11H2,1H3. The van der Waals surface area contributed by atoms with Crippen molar-refractivity contribution >= 4 is 11.3 Å². The maximum Gasteiger partial charge on any atom is 0.160 e. The van der Waals surface area contributed by atoms with Crippen molar-refractivity contribution in [2.45, 2.75) is 13.5 Å². The van der Waals surface area contributed by atoms with E-state index in [4.69, 9.17) is 5.73 Å². The first-order valence-electron chi connectivity index (χ1n) is 4.36. The Morgan fingerprint density at radius 1 is 1.43 bits per heavy atom. The number of hydrogen-bond acceptors (Lipinski definition) is 4. The fourth-order valence-corrected chi connectivity index (χ4v) is 2.06. The smallest absolute Gasteiger partial charge is 0.160 e. The number of nitrogens with zero attached hydrogens (tertiary/aromatic N) is 2. The van der Waals surface area contributed by atoms with Crippen LogP contribution in [0.25, 0.3) is 11.4 Å². The molecule has 0 saturated carbocycles. The summed E-state index contributed by atoms with van der Waals surface area (Å²) in [5.41, 5.74) is 8.71. The summed E-state index contributed by atoms with van der Waals surface area (Å²) in [6.07, 6.45) is 1.75. The topological polar surface area (TPSA) is 51.8 Å². The molecule has 0 spiro atoms. The fourth-order valence-electron chi connectivity index (χ4n) is 1.23. The minimum atomic E-state index is 0.457. The summed E-state index contributed by atoms with van der Waals surface area (Å²) in [7, 11) is 0. The molecule has 2 aromatic heterocycles. The van der Waals surface area contributed by atoms with Gasteiger partial charge in [0, 0.05) is 23.7 Å². The average Bonchev–Trinajstić information content (AvgIpc) is 2.65. The van der Waals surface area contributed by atoms with Crippen LogP contribution in [0.15, 0.2) is 23.0 Å². The molecule has 0 bridgehead atoms. The van der Waals surface area contributed by atoms with Gasteiger partial charge in [-0.2, -0.15) is 11.3 Å². The molecule has 0 amide bonds. The molecule has 2 N–H and O–H groups in total. The SMILES string of the molecule is Cc1cscc1-c1nccc(CN)n1. The van der Waals surface area contributed by atoms with Crippen LogP contribution in [-0.2, 0) is 6.54 Å². The highest BCUT2D eigenvalue weighted by Gasteiger charge is 2.05. The number of thiophene rings is 1. The van der Waals surface area contributed by atoms with Gasteiger partial charge in [0.2, 0.25) is 0 Å². The Morgan fingerprint density at radius 3 is 2.93 bits per heavy atom. The maximum absolute atomic E-state index is 5.52. The highest BCUT2D eigenvalue weighted by atomic mass is 32.1. The maximum atomic E-state index is 5.52. The van der Waals surface area contributed by atoms with Crippen molar-refractivity contribution < 1.29 is 0 Å². The highest BCUT2D eigenvalue weighted by Crippen LogP contribution is 2.23. The lowest BCUT2D eigenvalue weighted by Crippen LogP contribution is -2.01. The molecule has 4 heteroatoms. The number of hydrogen-bond donors (Lipinski definition) is 1. The summed E-state index contributed by atoms with van der Waals surface area (Å²) < 4.78 is 0. The molecule has 2 aromatic rings. The lowest BCUT2D eigenvalue weighted by atomic mass is 10.2. The Labute approximate surface area is 86.6 Å². The van der Waals surface area contributed by atoms with Gasteiger partial charge >= 0.3 is 0 Å². The zero-order valence-electron chi connectivity index (χ0n) is 7.90. The molecule has 2 rings (SSSR count). The quantitative estimate of drug-likeness (QED) is 0.815. The van der Waals surface area contributed by atoms with Gasteiger partial charge in [0.1, 0.15) is 0 Å². The zero-order valence-corrected chi connectivity index (χ0v) is 8.71. The molecule has 2 heterocycles. The predicted molar refractivity (Wildman–Crippen MR) is 58.0 cm³/mol. The fraction of sp³-hybridized carbons (Fsp3) is 0.200.